The minimum atomic E-state index is -0.0748. The van der Waals surface area contributed by atoms with Gasteiger partial charge in [-0.2, -0.15) is 0 Å². The summed E-state index contributed by atoms with van der Waals surface area (Å²) in [5.74, 6) is 0.200. The van der Waals surface area contributed by atoms with E-state index in [1.165, 1.54) is 0 Å². The van der Waals surface area contributed by atoms with E-state index in [2.05, 4.69) is 10.6 Å². The first-order valence-electron chi connectivity index (χ1n) is 9.29. The van der Waals surface area contributed by atoms with Crippen LogP contribution in [0.5, 0.6) is 0 Å². The van der Waals surface area contributed by atoms with E-state index in [4.69, 9.17) is 5.73 Å². The van der Waals surface area contributed by atoms with Crippen molar-refractivity contribution in [3.05, 3.63) is 30.3 Å². The van der Waals surface area contributed by atoms with E-state index in [9.17, 15) is 9.59 Å². The Hall–Kier alpha value is -1.79. The van der Waals surface area contributed by atoms with Crippen LogP contribution >= 0.6 is 12.4 Å². The van der Waals surface area contributed by atoms with Gasteiger partial charge >= 0.3 is 6.03 Å². The molecule has 2 fully saturated rings. The zero-order valence-corrected chi connectivity index (χ0v) is 15.8. The largest absolute Gasteiger partial charge is 0.353 e. The van der Waals surface area contributed by atoms with Gasteiger partial charge in [-0.05, 0) is 44.2 Å². The van der Waals surface area contributed by atoms with E-state index in [0.29, 0.717) is 13.1 Å². The zero-order chi connectivity index (χ0) is 17.6. The number of rotatable bonds is 3. The molecule has 1 aliphatic carbocycles. The number of amides is 3. The third-order valence-corrected chi connectivity index (χ3v) is 5.24. The summed E-state index contributed by atoms with van der Waals surface area (Å²) in [7, 11) is 0. The molecule has 0 bridgehead atoms. The van der Waals surface area contributed by atoms with Crippen molar-refractivity contribution in [3.63, 3.8) is 0 Å². The summed E-state index contributed by atoms with van der Waals surface area (Å²) in [5.41, 5.74) is 6.78. The van der Waals surface area contributed by atoms with Crippen molar-refractivity contribution in [1.29, 1.82) is 0 Å². The number of carbonyl (C=O) groups is 2. The molecule has 1 aromatic rings. The van der Waals surface area contributed by atoms with Gasteiger partial charge in [-0.1, -0.05) is 24.6 Å². The third kappa shape index (κ3) is 5.61. The van der Waals surface area contributed by atoms with E-state index >= 15 is 0 Å². The number of nitrogens with zero attached hydrogens (tertiary/aromatic N) is 1. The molecular formula is C19H29ClN4O2. The summed E-state index contributed by atoms with van der Waals surface area (Å²) in [6.07, 6.45) is 5.40. The van der Waals surface area contributed by atoms with Crippen molar-refractivity contribution in [2.24, 2.45) is 11.7 Å². The second-order valence-electron chi connectivity index (χ2n) is 7.19. The van der Waals surface area contributed by atoms with Gasteiger partial charge in [0, 0.05) is 36.8 Å². The normalized spacial score (nSPS) is 23.7. The average molecular weight is 381 g/mol. The lowest BCUT2D eigenvalue weighted by molar-refractivity contribution is -0.127. The monoisotopic (exact) mass is 380 g/mol. The van der Waals surface area contributed by atoms with Crippen LogP contribution in [0.25, 0.3) is 0 Å². The number of piperidine rings is 1. The van der Waals surface area contributed by atoms with Crippen molar-refractivity contribution in [3.8, 4) is 0 Å². The highest BCUT2D eigenvalue weighted by atomic mass is 35.5. The van der Waals surface area contributed by atoms with Gasteiger partial charge in [0.1, 0.15) is 0 Å². The first-order chi connectivity index (χ1) is 12.1. The molecule has 26 heavy (non-hydrogen) atoms. The third-order valence-electron chi connectivity index (χ3n) is 5.24. The lowest BCUT2D eigenvalue weighted by Gasteiger charge is -2.34. The number of hydrogen-bond acceptors (Lipinski definition) is 3. The molecule has 144 valence electrons. The van der Waals surface area contributed by atoms with Gasteiger partial charge in [0.2, 0.25) is 5.91 Å². The van der Waals surface area contributed by atoms with E-state index in [1.54, 1.807) is 0 Å². The Morgan fingerprint density at radius 2 is 1.73 bits per heavy atom. The minimum absolute atomic E-state index is 0. The number of anilines is 1. The Morgan fingerprint density at radius 1 is 1.04 bits per heavy atom. The fourth-order valence-corrected chi connectivity index (χ4v) is 3.74. The number of hydrogen-bond donors (Lipinski definition) is 3. The molecular weight excluding hydrogens is 352 g/mol. The molecule has 1 aliphatic heterocycles. The summed E-state index contributed by atoms with van der Waals surface area (Å²) < 4.78 is 0. The van der Waals surface area contributed by atoms with Gasteiger partial charge in [-0.15, -0.1) is 12.4 Å². The number of urea groups is 1. The second-order valence-corrected chi connectivity index (χ2v) is 7.19. The predicted octanol–water partition coefficient (Wildman–Crippen LogP) is 2.74. The molecule has 2 aliphatic rings. The fraction of sp³-hybridized carbons (Fsp3) is 0.579. The van der Waals surface area contributed by atoms with Crippen molar-refractivity contribution in [2.75, 3.05) is 18.4 Å². The number of nitrogens with two attached hydrogens (primary N) is 1. The smallest absolute Gasteiger partial charge is 0.321 e. The standard InChI is InChI=1S/C19H28N4O2.ClH/c20-15-6-4-5-14(13-15)18(24)21-17-9-11-23(12-10-17)19(25)22-16-7-2-1-3-8-16;/h1-3,7-8,14-15,17H,4-6,9-13,20H2,(H,21,24)(H,22,25);1H. The molecule has 0 aromatic heterocycles. The van der Waals surface area contributed by atoms with Gasteiger partial charge in [0.15, 0.2) is 0 Å². The molecule has 4 N–H and O–H groups in total. The van der Waals surface area contributed by atoms with Gasteiger partial charge in [0.05, 0.1) is 0 Å². The van der Waals surface area contributed by atoms with Crippen molar-refractivity contribution in [1.82, 2.24) is 10.2 Å². The molecule has 1 saturated carbocycles. The molecule has 1 aromatic carbocycles. The van der Waals surface area contributed by atoms with Crippen molar-refractivity contribution < 1.29 is 9.59 Å². The van der Waals surface area contributed by atoms with Crippen LogP contribution in [0.3, 0.4) is 0 Å². The summed E-state index contributed by atoms with van der Waals surface area (Å²) in [6.45, 7) is 1.32. The molecule has 2 unspecified atom stereocenters. The number of nitrogens with one attached hydrogen (secondary N) is 2. The van der Waals surface area contributed by atoms with Gasteiger partial charge in [-0.3, -0.25) is 4.79 Å². The molecule has 7 heteroatoms. The molecule has 3 amide bonds. The van der Waals surface area contributed by atoms with Crippen LogP contribution in [0.2, 0.25) is 0 Å². The Labute approximate surface area is 161 Å². The number of likely N-dealkylation sites (tertiary alicyclic amines) is 1. The Morgan fingerprint density at radius 3 is 2.38 bits per heavy atom. The van der Waals surface area contributed by atoms with Gasteiger partial charge < -0.3 is 21.3 Å². The first-order valence-corrected chi connectivity index (χ1v) is 9.29. The van der Waals surface area contributed by atoms with E-state index in [1.807, 2.05) is 35.2 Å². The molecule has 3 rings (SSSR count). The molecule has 6 nitrogen and oxygen atoms in total. The van der Waals surface area contributed by atoms with E-state index in [-0.39, 0.29) is 42.3 Å². The average Bonchev–Trinajstić information content (AvgIpc) is 2.63. The van der Waals surface area contributed by atoms with Crippen LogP contribution in [0, 0.1) is 5.92 Å². The van der Waals surface area contributed by atoms with Crippen LogP contribution < -0.4 is 16.4 Å². The number of carbonyl (C=O) groups excluding carboxylic acids is 2. The molecule has 0 radical (unpaired) electrons. The Balaban J connectivity index is 0.00000243. The highest BCUT2D eigenvalue weighted by Crippen LogP contribution is 2.24. The number of halogens is 1. The number of benzene rings is 1. The zero-order valence-electron chi connectivity index (χ0n) is 15.0. The van der Waals surface area contributed by atoms with Crippen LogP contribution in [-0.4, -0.2) is 42.0 Å². The van der Waals surface area contributed by atoms with Crippen molar-refractivity contribution in [2.45, 2.75) is 50.6 Å². The molecule has 2 atom stereocenters. The number of para-hydroxylation sites is 1. The topological polar surface area (TPSA) is 87.5 Å². The summed E-state index contributed by atoms with van der Waals surface area (Å²) >= 11 is 0. The summed E-state index contributed by atoms with van der Waals surface area (Å²) in [5, 5.41) is 6.07. The van der Waals surface area contributed by atoms with E-state index < -0.39 is 0 Å². The van der Waals surface area contributed by atoms with Gasteiger partial charge in [-0.25, -0.2) is 4.79 Å². The minimum Gasteiger partial charge on any atom is -0.353 e. The van der Waals surface area contributed by atoms with Crippen molar-refractivity contribution >= 4 is 30.0 Å². The highest BCUT2D eigenvalue weighted by molar-refractivity contribution is 5.89. The van der Waals surface area contributed by atoms with Crippen LogP contribution in [0.15, 0.2) is 30.3 Å². The van der Waals surface area contributed by atoms with Crippen LogP contribution in [0.1, 0.15) is 38.5 Å². The van der Waals surface area contributed by atoms with Crippen LogP contribution in [-0.2, 0) is 4.79 Å². The maximum atomic E-state index is 12.4. The predicted molar refractivity (Wildman–Crippen MR) is 105 cm³/mol. The molecule has 1 saturated heterocycles. The first kappa shape index (κ1) is 20.5. The Kier molecular flexibility index (Phi) is 7.72. The molecule has 0 spiro atoms. The second kappa shape index (κ2) is 9.78. The highest BCUT2D eigenvalue weighted by Gasteiger charge is 2.29. The lowest BCUT2D eigenvalue weighted by atomic mass is 9.85. The van der Waals surface area contributed by atoms with Gasteiger partial charge in [0.25, 0.3) is 0 Å². The van der Waals surface area contributed by atoms with Crippen LogP contribution in [0.4, 0.5) is 10.5 Å². The summed E-state index contributed by atoms with van der Waals surface area (Å²) in [6, 6.07) is 9.71. The SMILES string of the molecule is Cl.NC1CCCC(C(=O)NC2CCN(C(=O)Nc3ccccc3)CC2)C1. The summed E-state index contributed by atoms with van der Waals surface area (Å²) in [4.78, 5) is 26.5. The quantitative estimate of drug-likeness (QED) is 0.753. The lowest BCUT2D eigenvalue weighted by Crippen LogP contribution is -2.49. The van der Waals surface area contributed by atoms with E-state index in [0.717, 1.165) is 44.2 Å². The maximum Gasteiger partial charge on any atom is 0.321 e. The maximum absolute atomic E-state index is 12.4. The Bertz CT molecular complexity index is 590. The fourth-order valence-electron chi connectivity index (χ4n) is 3.74. The molecule has 1 heterocycles.